The van der Waals surface area contributed by atoms with Gasteiger partial charge in [0, 0.05) is 26.2 Å². The van der Waals surface area contributed by atoms with E-state index in [4.69, 9.17) is 4.74 Å². The van der Waals surface area contributed by atoms with Crippen molar-refractivity contribution in [1.82, 2.24) is 4.90 Å². The molecule has 0 saturated carbocycles. The molecule has 1 heterocycles. The molecule has 1 atom stereocenters. The van der Waals surface area contributed by atoms with Crippen molar-refractivity contribution in [2.75, 3.05) is 26.2 Å². The van der Waals surface area contributed by atoms with Crippen molar-refractivity contribution in [3.63, 3.8) is 0 Å². The first kappa shape index (κ1) is 14.3. The maximum absolute atomic E-state index is 12.3. The summed E-state index contributed by atoms with van der Waals surface area (Å²) in [6.07, 6.45) is -2.28. The second-order valence-corrected chi connectivity index (χ2v) is 5.07. The van der Waals surface area contributed by atoms with Crippen molar-refractivity contribution in [2.24, 2.45) is 0 Å². The molecule has 0 amide bonds. The van der Waals surface area contributed by atoms with Crippen LogP contribution in [-0.2, 0) is 4.74 Å². The van der Waals surface area contributed by atoms with E-state index in [1.807, 2.05) is 11.8 Å². The number of likely N-dealkylation sites (tertiary alicyclic amines) is 1. The summed E-state index contributed by atoms with van der Waals surface area (Å²) in [5, 5.41) is 0. The van der Waals surface area contributed by atoms with Crippen LogP contribution in [0.15, 0.2) is 0 Å². The number of rotatable bonds is 4. The van der Waals surface area contributed by atoms with Gasteiger partial charge < -0.3 is 9.64 Å². The van der Waals surface area contributed by atoms with E-state index in [0.29, 0.717) is 19.7 Å². The van der Waals surface area contributed by atoms with Crippen LogP contribution in [0.1, 0.15) is 19.8 Å². The lowest BCUT2D eigenvalue weighted by Crippen LogP contribution is -2.43. The highest BCUT2D eigenvalue weighted by molar-refractivity contribution is 9.09. The molecule has 0 radical (unpaired) electrons. The highest BCUT2D eigenvalue weighted by atomic mass is 79.9. The zero-order valence-corrected chi connectivity index (χ0v) is 10.9. The fourth-order valence-electron chi connectivity index (χ4n) is 1.82. The summed E-state index contributed by atoms with van der Waals surface area (Å²) in [5.74, 6) is 0. The minimum atomic E-state index is -4.16. The molecule has 96 valence electrons. The van der Waals surface area contributed by atoms with E-state index in [0.717, 1.165) is 12.8 Å². The Morgan fingerprint density at radius 1 is 1.38 bits per heavy atom. The van der Waals surface area contributed by atoms with Gasteiger partial charge in [0.25, 0.3) is 0 Å². The molecule has 1 saturated heterocycles. The Hall–Kier alpha value is 0.190. The molecule has 0 aromatic rings. The largest absolute Gasteiger partial charge is 0.402 e. The van der Waals surface area contributed by atoms with Crippen LogP contribution in [0.4, 0.5) is 13.2 Å². The van der Waals surface area contributed by atoms with Gasteiger partial charge in [-0.3, -0.25) is 0 Å². The van der Waals surface area contributed by atoms with Crippen LogP contribution in [-0.4, -0.2) is 48.2 Å². The molecule has 6 heteroatoms. The minimum absolute atomic E-state index is 0.0301. The van der Waals surface area contributed by atoms with Gasteiger partial charge in [-0.1, -0.05) is 15.9 Å². The number of hydrogen-bond donors (Lipinski definition) is 0. The van der Waals surface area contributed by atoms with Gasteiger partial charge in [-0.05, 0) is 19.8 Å². The van der Waals surface area contributed by atoms with E-state index in [-0.39, 0.29) is 12.6 Å². The molecule has 1 fully saturated rings. The van der Waals surface area contributed by atoms with Crippen LogP contribution >= 0.6 is 15.9 Å². The molecule has 0 aliphatic carbocycles. The first-order valence-electron chi connectivity index (χ1n) is 5.48. The molecule has 1 aliphatic heterocycles. The van der Waals surface area contributed by atoms with Crippen LogP contribution < -0.4 is 0 Å². The normalized spacial score (nSPS) is 22.3. The number of nitrogens with zero attached hydrogens (tertiary/aromatic N) is 1. The van der Waals surface area contributed by atoms with E-state index < -0.39 is 11.0 Å². The van der Waals surface area contributed by atoms with Gasteiger partial charge in [-0.2, -0.15) is 13.2 Å². The third-order valence-corrected chi connectivity index (χ3v) is 3.52. The third kappa shape index (κ3) is 4.59. The maximum Gasteiger partial charge on any atom is 0.402 e. The fraction of sp³-hybridized carbons (Fsp3) is 1.00. The SMILES string of the molecule is CCOC1CCN(CC(Br)C(F)(F)F)CC1. The standard InChI is InChI=1S/C10H17BrF3NO/c1-2-16-8-3-5-15(6-4-8)7-9(11)10(12,13)14/h8-9H,2-7H2,1H3. The van der Waals surface area contributed by atoms with Crippen LogP contribution in [0.2, 0.25) is 0 Å². The summed E-state index contributed by atoms with van der Waals surface area (Å²) in [6.45, 7) is 4.01. The zero-order chi connectivity index (χ0) is 12.2. The summed E-state index contributed by atoms with van der Waals surface area (Å²) in [6, 6.07) is 0. The fourth-order valence-corrected chi connectivity index (χ4v) is 2.23. The van der Waals surface area contributed by atoms with Crippen molar-refractivity contribution in [1.29, 1.82) is 0 Å². The van der Waals surface area contributed by atoms with Crippen molar-refractivity contribution < 1.29 is 17.9 Å². The molecule has 1 unspecified atom stereocenters. The molecule has 1 aliphatic rings. The van der Waals surface area contributed by atoms with Crippen molar-refractivity contribution >= 4 is 15.9 Å². The number of alkyl halides is 4. The third-order valence-electron chi connectivity index (χ3n) is 2.71. The number of ether oxygens (including phenoxy) is 1. The minimum Gasteiger partial charge on any atom is -0.378 e. The molecule has 2 nitrogen and oxygen atoms in total. The van der Waals surface area contributed by atoms with Gasteiger partial charge in [0.15, 0.2) is 0 Å². The lowest BCUT2D eigenvalue weighted by molar-refractivity contribution is -0.131. The van der Waals surface area contributed by atoms with Gasteiger partial charge >= 0.3 is 6.18 Å². The average molecular weight is 304 g/mol. The van der Waals surface area contributed by atoms with Crippen molar-refractivity contribution in [3.05, 3.63) is 0 Å². The van der Waals surface area contributed by atoms with E-state index >= 15 is 0 Å². The Morgan fingerprint density at radius 2 is 1.94 bits per heavy atom. The number of piperidine rings is 1. The van der Waals surface area contributed by atoms with Crippen LogP contribution in [0, 0.1) is 0 Å². The molecule has 16 heavy (non-hydrogen) atoms. The topological polar surface area (TPSA) is 12.5 Å². The zero-order valence-electron chi connectivity index (χ0n) is 9.26. The lowest BCUT2D eigenvalue weighted by Gasteiger charge is -2.33. The second kappa shape index (κ2) is 6.21. The highest BCUT2D eigenvalue weighted by Gasteiger charge is 2.39. The summed E-state index contributed by atoms with van der Waals surface area (Å²) >= 11 is 2.68. The molecule has 0 N–H and O–H groups in total. The van der Waals surface area contributed by atoms with Crippen LogP contribution in [0.25, 0.3) is 0 Å². The van der Waals surface area contributed by atoms with Gasteiger partial charge in [-0.15, -0.1) is 0 Å². The Kier molecular flexibility index (Phi) is 5.53. The van der Waals surface area contributed by atoms with Gasteiger partial charge in [0.1, 0.15) is 4.83 Å². The predicted molar refractivity (Wildman–Crippen MR) is 59.9 cm³/mol. The molecular weight excluding hydrogens is 287 g/mol. The van der Waals surface area contributed by atoms with E-state index in [9.17, 15) is 13.2 Å². The summed E-state index contributed by atoms with van der Waals surface area (Å²) < 4.78 is 42.4. The molecule has 0 bridgehead atoms. The summed E-state index contributed by atoms with van der Waals surface area (Å²) in [7, 11) is 0. The van der Waals surface area contributed by atoms with E-state index in [1.165, 1.54) is 0 Å². The van der Waals surface area contributed by atoms with Gasteiger partial charge in [0.05, 0.1) is 6.10 Å². The molecule has 0 aromatic heterocycles. The van der Waals surface area contributed by atoms with Crippen LogP contribution in [0.5, 0.6) is 0 Å². The Morgan fingerprint density at radius 3 is 2.38 bits per heavy atom. The second-order valence-electron chi connectivity index (χ2n) is 3.96. The quantitative estimate of drug-likeness (QED) is 0.741. The Labute approximate surface area is 102 Å². The van der Waals surface area contributed by atoms with E-state index in [2.05, 4.69) is 15.9 Å². The first-order chi connectivity index (χ1) is 7.43. The smallest absolute Gasteiger partial charge is 0.378 e. The highest BCUT2D eigenvalue weighted by Crippen LogP contribution is 2.28. The Bertz CT molecular complexity index is 205. The van der Waals surface area contributed by atoms with Gasteiger partial charge in [-0.25, -0.2) is 0 Å². The van der Waals surface area contributed by atoms with Crippen molar-refractivity contribution in [2.45, 2.75) is 36.9 Å². The van der Waals surface area contributed by atoms with E-state index in [1.54, 1.807) is 0 Å². The molecule has 1 rings (SSSR count). The predicted octanol–water partition coefficient (Wildman–Crippen LogP) is 2.81. The van der Waals surface area contributed by atoms with Gasteiger partial charge in [0.2, 0.25) is 0 Å². The lowest BCUT2D eigenvalue weighted by atomic mass is 10.1. The summed E-state index contributed by atoms with van der Waals surface area (Å²) in [4.78, 5) is 0.409. The van der Waals surface area contributed by atoms with Crippen LogP contribution in [0.3, 0.4) is 0 Å². The molecule has 0 spiro atoms. The molecule has 0 aromatic carbocycles. The summed E-state index contributed by atoms with van der Waals surface area (Å²) in [5.41, 5.74) is 0. The average Bonchev–Trinajstić information content (AvgIpc) is 2.20. The number of hydrogen-bond acceptors (Lipinski definition) is 2. The maximum atomic E-state index is 12.3. The molecular formula is C10H17BrF3NO. The first-order valence-corrected chi connectivity index (χ1v) is 6.39. The van der Waals surface area contributed by atoms with Crippen molar-refractivity contribution in [3.8, 4) is 0 Å². The Balaban J connectivity index is 2.27. The number of halogens is 4. The monoisotopic (exact) mass is 303 g/mol.